The van der Waals surface area contributed by atoms with Crippen molar-refractivity contribution in [2.24, 2.45) is 10.9 Å². The Labute approximate surface area is 191 Å². The lowest BCUT2D eigenvalue weighted by Gasteiger charge is -2.36. The quantitative estimate of drug-likeness (QED) is 0.353. The maximum absolute atomic E-state index is 4.91. The molecule has 7 nitrogen and oxygen atoms in total. The van der Waals surface area contributed by atoms with E-state index >= 15 is 0 Å². The molecule has 0 amide bonds. The van der Waals surface area contributed by atoms with Gasteiger partial charge < -0.3 is 20.0 Å². The van der Waals surface area contributed by atoms with Crippen molar-refractivity contribution in [1.82, 2.24) is 24.5 Å². The molecule has 1 aromatic rings. The first-order valence-corrected chi connectivity index (χ1v) is 11.3. The van der Waals surface area contributed by atoms with E-state index in [0.717, 1.165) is 75.1 Å². The third-order valence-corrected chi connectivity index (χ3v) is 6.33. The van der Waals surface area contributed by atoms with E-state index in [1.807, 2.05) is 0 Å². The first kappa shape index (κ1) is 23.6. The van der Waals surface area contributed by atoms with Crippen LogP contribution >= 0.6 is 35.5 Å². The van der Waals surface area contributed by atoms with Crippen LogP contribution in [0.5, 0.6) is 0 Å². The normalized spacial score (nSPS) is 19.6. The molecule has 0 aliphatic carbocycles. The number of hydrogen-bond donors (Lipinski definition) is 1. The fourth-order valence-corrected chi connectivity index (χ4v) is 4.44. The summed E-state index contributed by atoms with van der Waals surface area (Å²) < 4.78 is 4.42. The zero-order valence-corrected chi connectivity index (χ0v) is 20.7. The van der Waals surface area contributed by atoms with Crippen molar-refractivity contribution < 1.29 is 0 Å². The zero-order valence-electron chi connectivity index (χ0n) is 17.6. The first-order valence-electron chi connectivity index (χ1n) is 10.5. The van der Waals surface area contributed by atoms with Gasteiger partial charge in [-0.25, -0.2) is 4.98 Å². The molecule has 0 bridgehead atoms. The highest BCUT2D eigenvalue weighted by Gasteiger charge is 2.22. The van der Waals surface area contributed by atoms with Crippen LogP contribution in [-0.2, 0) is 6.42 Å². The molecule has 0 radical (unpaired) electrons. The highest BCUT2D eigenvalue weighted by molar-refractivity contribution is 14.0. The number of aromatic nitrogens is 2. The average molecular weight is 522 g/mol. The highest BCUT2D eigenvalue weighted by Crippen LogP contribution is 2.19. The summed E-state index contributed by atoms with van der Waals surface area (Å²) in [5, 5.41) is 4.54. The fourth-order valence-electron chi connectivity index (χ4n) is 3.64. The zero-order chi connectivity index (χ0) is 19.1. The number of nitrogens with one attached hydrogen (secondary N) is 1. The van der Waals surface area contributed by atoms with Crippen molar-refractivity contribution in [1.29, 1.82) is 0 Å². The SMILES string of the molecule is CCNC(=NCCN1CCC(C)CC1)N1CCN(c2nc(CC)ns2)CC1.I. The van der Waals surface area contributed by atoms with Crippen LogP contribution in [-0.4, -0.2) is 84.0 Å². The molecular formula is C19H36IN7S. The average Bonchev–Trinajstić information content (AvgIpc) is 3.18. The molecule has 160 valence electrons. The van der Waals surface area contributed by atoms with Crippen LogP contribution in [0, 0.1) is 5.92 Å². The van der Waals surface area contributed by atoms with Gasteiger partial charge in [-0.3, -0.25) is 4.99 Å². The van der Waals surface area contributed by atoms with Gasteiger partial charge in [0.05, 0.1) is 6.54 Å². The molecule has 0 spiro atoms. The maximum Gasteiger partial charge on any atom is 0.205 e. The number of anilines is 1. The summed E-state index contributed by atoms with van der Waals surface area (Å²) >= 11 is 1.53. The number of hydrogen-bond acceptors (Lipinski definition) is 6. The number of piperidine rings is 1. The molecule has 0 atom stereocenters. The topological polar surface area (TPSA) is 59.9 Å². The molecule has 1 aromatic heterocycles. The number of rotatable bonds is 6. The smallest absolute Gasteiger partial charge is 0.205 e. The van der Waals surface area contributed by atoms with Gasteiger partial charge in [-0.05, 0) is 38.8 Å². The van der Waals surface area contributed by atoms with Crippen molar-refractivity contribution >= 4 is 46.6 Å². The summed E-state index contributed by atoms with van der Waals surface area (Å²) in [7, 11) is 0. The van der Waals surface area contributed by atoms with Gasteiger partial charge in [0.2, 0.25) is 5.13 Å². The molecule has 0 saturated carbocycles. The van der Waals surface area contributed by atoms with E-state index in [9.17, 15) is 0 Å². The Balaban J connectivity index is 0.00000280. The second-order valence-electron chi connectivity index (χ2n) is 7.58. The summed E-state index contributed by atoms with van der Waals surface area (Å²) in [6.45, 7) is 15.9. The van der Waals surface area contributed by atoms with Crippen LogP contribution < -0.4 is 10.2 Å². The molecule has 2 aliphatic heterocycles. The Morgan fingerprint density at radius 2 is 1.86 bits per heavy atom. The van der Waals surface area contributed by atoms with E-state index in [1.165, 1.54) is 37.5 Å². The van der Waals surface area contributed by atoms with Crippen molar-refractivity contribution in [3.63, 3.8) is 0 Å². The minimum absolute atomic E-state index is 0. The number of likely N-dealkylation sites (tertiary alicyclic amines) is 1. The summed E-state index contributed by atoms with van der Waals surface area (Å²) in [5.41, 5.74) is 0. The van der Waals surface area contributed by atoms with E-state index in [0.29, 0.717) is 0 Å². The minimum atomic E-state index is 0. The summed E-state index contributed by atoms with van der Waals surface area (Å²) in [4.78, 5) is 16.8. The van der Waals surface area contributed by atoms with Crippen molar-refractivity contribution in [3.05, 3.63) is 5.82 Å². The molecule has 28 heavy (non-hydrogen) atoms. The van der Waals surface area contributed by atoms with Crippen LogP contribution in [0.15, 0.2) is 4.99 Å². The molecule has 3 rings (SSSR count). The second kappa shape index (κ2) is 12.1. The number of aliphatic imine (C=N–C) groups is 1. The lowest BCUT2D eigenvalue weighted by Crippen LogP contribution is -2.52. The van der Waals surface area contributed by atoms with E-state index in [-0.39, 0.29) is 24.0 Å². The van der Waals surface area contributed by atoms with Crippen LogP contribution in [0.25, 0.3) is 0 Å². The van der Waals surface area contributed by atoms with Crippen LogP contribution in [0.3, 0.4) is 0 Å². The predicted octanol–water partition coefficient (Wildman–Crippen LogP) is 2.54. The van der Waals surface area contributed by atoms with Crippen molar-refractivity contribution in [2.75, 3.05) is 63.8 Å². The predicted molar refractivity (Wildman–Crippen MR) is 129 cm³/mol. The van der Waals surface area contributed by atoms with Crippen molar-refractivity contribution in [2.45, 2.75) is 40.0 Å². The molecule has 0 unspecified atom stereocenters. The molecule has 1 N–H and O–H groups in total. The van der Waals surface area contributed by atoms with E-state index < -0.39 is 0 Å². The van der Waals surface area contributed by atoms with Gasteiger partial charge in [0.1, 0.15) is 5.82 Å². The van der Waals surface area contributed by atoms with Gasteiger partial charge in [-0.1, -0.05) is 13.8 Å². The van der Waals surface area contributed by atoms with E-state index in [4.69, 9.17) is 4.99 Å². The van der Waals surface area contributed by atoms with E-state index in [1.54, 1.807) is 0 Å². The maximum atomic E-state index is 4.91. The van der Waals surface area contributed by atoms with Gasteiger partial charge in [-0.15, -0.1) is 24.0 Å². The highest BCUT2D eigenvalue weighted by atomic mass is 127. The second-order valence-corrected chi connectivity index (χ2v) is 8.31. The first-order chi connectivity index (χ1) is 13.2. The number of piperazine rings is 1. The Kier molecular flexibility index (Phi) is 10.2. The number of halogens is 1. The number of guanidine groups is 1. The molecule has 3 heterocycles. The van der Waals surface area contributed by atoms with Gasteiger partial charge >= 0.3 is 0 Å². The third kappa shape index (κ3) is 6.69. The fraction of sp³-hybridized carbons (Fsp3) is 0.842. The standard InChI is InChI=1S/C19H35N7S.HI/c1-4-17-22-19(27-23-17)26-14-12-25(13-15-26)18(20-5-2)21-8-11-24-9-6-16(3)7-10-24;/h16H,4-15H2,1-3H3,(H,20,21);1H. The molecule has 9 heteroatoms. The largest absolute Gasteiger partial charge is 0.357 e. The van der Waals surface area contributed by atoms with Gasteiger partial charge in [0.25, 0.3) is 0 Å². The van der Waals surface area contributed by atoms with Crippen molar-refractivity contribution in [3.8, 4) is 0 Å². The molecule has 2 fully saturated rings. The lowest BCUT2D eigenvalue weighted by molar-refractivity contribution is 0.197. The molecular weight excluding hydrogens is 485 g/mol. The summed E-state index contributed by atoms with van der Waals surface area (Å²) in [6.07, 6.45) is 3.57. The van der Waals surface area contributed by atoms with Gasteiger partial charge in [0, 0.05) is 57.2 Å². The lowest BCUT2D eigenvalue weighted by atomic mass is 9.99. The van der Waals surface area contributed by atoms with Crippen LogP contribution in [0.2, 0.25) is 0 Å². The van der Waals surface area contributed by atoms with E-state index in [2.05, 4.69) is 50.1 Å². The Bertz CT molecular complexity index is 593. The minimum Gasteiger partial charge on any atom is -0.357 e. The molecule has 0 aromatic carbocycles. The molecule has 2 saturated heterocycles. The van der Waals surface area contributed by atoms with Gasteiger partial charge in [0.15, 0.2) is 5.96 Å². The Morgan fingerprint density at radius 1 is 1.14 bits per heavy atom. The third-order valence-electron chi connectivity index (χ3n) is 5.51. The number of nitrogens with zero attached hydrogens (tertiary/aromatic N) is 6. The van der Waals surface area contributed by atoms with Gasteiger partial charge in [-0.2, -0.15) is 4.37 Å². The Morgan fingerprint density at radius 3 is 2.46 bits per heavy atom. The summed E-state index contributed by atoms with van der Waals surface area (Å²) in [6, 6.07) is 0. The summed E-state index contributed by atoms with van der Waals surface area (Å²) in [5.74, 6) is 2.91. The Hall–Kier alpha value is -0.680. The molecule has 2 aliphatic rings. The monoisotopic (exact) mass is 521 g/mol. The number of aryl methyl sites for hydroxylation is 1. The van der Waals surface area contributed by atoms with Crippen LogP contribution in [0.1, 0.15) is 39.4 Å². The van der Waals surface area contributed by atoms with Crippen LogP contribution in [0.4, 0.5) is 5.13 Å².